The smallest absolute Gasteiger partial charge is 0.191 e. The lowest BCUT2D eigenvalue weighted by Gasteiger charge is -2.34. The van der Waals surface area contributed by atoms with Crippen LogP contribution in [0, 0.1) is 5.92 Å². The molecular weight excluding hydrogens is 479 g/mol. The van der Waals surface area contributed by atoms with E-state index < -0.39 is 0 Å². The van der Waals surface area contributed by atoms with Gasteiger partial charge in [0.2, 0.25) is 0 Å². The molecule has 0 spiro atoms. The van der Waals surface area contributed by atoms with Crippen LogP contribution in [0.1, 0.15) is 38.7 Å². The number of guanidine groups is 1. The Balaban J connectivity index is 0.00000420. The van der Waals surface area contributed by atoms with Gasteiger partial charge in [-0.3, -0.25) is 9.89 Å². The monoisotopic (exact) mass is 518 g/mol. The fourth-order valence-electron chi connectivity index (χ4n) is 3.52. The average Bonchev–Trinajstić information content (AvgIpc) is 2.70. The minimum absolute atomic E-state index is 0. The van der Waals surface area contributed by atoms with Crippen LogP contribution in [0.15, 0.2) is 29.3 Å². The number of hydrogen-bond donors (Lipinski definition) is 2. The maximum Gasteiger partial charge on any atom is 0.191 e. The van der Waals surface area contributed by atoms with Crippen LogP contribution in [0.25, 0.3) is 0 Å². The molecule has 0 saturated carbocycles. The summed E-state index contributed by atoms with van der Waals surface area (Å²) >= 11 is 0. The quantitative estimate of drug-likeness (QED) is 0.299. The second-order valence-electron chi connectivity index (χ2n) is 7.99. The van der Waals surface area contributed by atoms with Crippen molar-refractivity contribution < 1.29 is 9.47 Å². The zero-order valence-corrected chi connectivity index (χ0v) is 20.9. The zero-order valence-electron chi connectivity index (χ0n) is 18.6. The van der Waals surface area contributed by atoms with E-state index in [9.17, 15) is 0 Å². The highest BCUT2D eigenvalue weighted by Gasteiger charge is 2.21. The summed E-state index contributed by atoms with van der Waals surface area (Å²) in [6.45, 7) is 12.4. The molecule has 2 unspecified atom stereocenters. The van der Waals surface area contributed by atoms with E-state index in [1.807, 2.05) is 19.2 Å². The molecule has 1 aromatic rings. The Morgan fingerprint density at radius 1 is 1.24 bits per heavy atom. The summed E-state index contributed by atoms with van der Waals surface area (Å²) in [5, 5.41) is 6.83. The summed E-state index contributed by atoms with van der Waals surface area (Å²) in [4.78, 5) is 6.83. The normalized spacial score (nSPS) is 18.8. The van der Waals surface area contributed by atoms with Gasteiger partial charge in [0.15, 0.2) is 5.96 Å². The predicted octanol–water partition coefficient (Wildman–Crippen LogP) is 3.33. The molecular formula is C22H39IN4O2. The summed E-state index contributed by atoms with van der Waals surface area (Å²) in [5.41, 5.74) is 1.33. The lowest BCUT2D eigenvalue weighted by Crippen LogP contribution is -2.50. The molecule has 29 heavy (non-hydrogen) atoms. The molecule has 0 radical (unpaired) electrons. The lowest BCUT2D eigenvalue weighted by molar-refractivity contribution is -0.0284. The van der Waals surface area contributed by atoms with E-state index in [2.05, 4.69) is 53.4 Å². The number of aliphatic imine (C=N–C) groups is 1. The highest BCUT2D eigenvalue weighted by Crippen LogP contribution is 2.21. The van der Waals surface area contributed by atoms with Gasteiger partial charge in [-0.25, -0.2) is 0 Å². The topological polar surface area (TPSA) is 58.1 Å². The van der Waals surface area contributed by atoms with Crippen molar-refractivity contribution in [3.63, 3.8) is 0 Å². The Labute approximate surface area is 193 Å². The van der Waals surface area contributed by atoms with Crippen LogP contribution < -0.4 is 15.4 Å². The van der Waals surface area contributed by atoms with E-state index in [4.69, 9.17) is 9.47 Å². The Kier molecular flexibility index (Phi) is 12.6. The number of methoxy groups -OCH3 is 1. The zero-order chi connectivity index (χ0) is 20.4. The molecule has 6 nitrogen and oxygen atoms in total. The van der Waals surface area contributed by atoms with Crippen molar-refractivity contribution >= 4 is 29.9 Å². The predicted molar refractivity (Wildman–Crippen MR) is 132 cm³/mol. The number of nitrogens with one attached hydrogen (secondary N) is 2. The molecule has 2 rings (SSSR count). The largest absolute Gasteiger partial charge is 0.497 e. The van der Waals surface area contributed by atoms with Crippen LogP contribution in [0.3, 0.4) is 0 Å². The Morgan fingerprint density at radius 2 is 1.97 bits per heavy atom. The number of hydrogen-bond acceptors (Lipinski definition) is 4. The fraction of sp³-hybridized carbons (Fsp3) is 0.682. The third-order valence-electron chi connectivity index (χ3n) is 5.12. The van der Waals surface area contributed by atoms with Gasteiger partial charge in [-0.1, -0.05) is 32.9 Å². The van der Waals surface area contributed by atoms with Crippen molar-refractivity contribution in [2.75, 3.05) is 53.5 Å². The van der Waals surface area contributed by atoms with E-state index in [0.29, 0.717) is 11.8 Å². The number of rotatable bonds is 9. The second-order valence-corrected chi connectivity index (χ2v) is 7.99. The standard InChI is InChI=1S/C22H38N4O2.HI/c1-17(2)15-26-12-13-28-21(16-26)14-25-22(23-4)24-11-10-18(3)19-6-8-20(27-5)9-7-19;/h6-9,17-18,21H,10-16H2,1-5H3,(H2,23,24,25);1H. The summed E-state index contributed by atoms with van der Waals surface area (Å²) < 4.78 is 11.1. The van der Waals surface area contributed by atoms with Gasteiger partial charge in [0, 0.05) is 39.8 Å². The molecule has 0 bridgehead atoms. The molecule has 1 aliphatic heterocycles. The van der Waals surface area contributed by atoms with E-state index in [1.165, 1.54) is 5.56 Å². The molecule has 1 aliphatic rings. The average molecular weight is 518 g/mol. The van der Waals surface area contributed by atoms with E-state index in [-0.39, 0.29) is 30.1 Å². The molecule has 1 aromatic carbocycles. The van der Waals surface area contributed by atoms with E-state index in [0.717, 1.165) is 57.5 Å². The van der Waals surface area contributed by atoms with Crippen LogP contribution in [0.2, 0.25) is 0 Å². The van der Waals surface area contributed by atoms with Gasteiger partial charge < -0.3 is 20.1 Å². The Hall–Kier alpha value is -1.06. The number of benzene rings is 1. The molecule has 1 heterocycles. The van der Waals surface area contributed by atoms with Crippen molar-refractivity contribution in [1.82, 2.24) is 15.5 Å². The van der Waals surface area contributed by atoms with Crippen LogP contribution >= 0.6 is 24.0 Å². The van der Waals surface area contributed by atoms with Crippen molar-refractivity contribution in [1.29, 1.82) is 0 Å². The molecule has 166 valence electrons. The molecule has 7 heteroatoms. The fourth-order valence-corrected chi connectivity index (χ4v) is 3.52. The number of morpholine rings is 1. The first-order chi connectivity index (χ1) is 13.5. The molecule has 0 aromatic heterocycles. The van der Waals surface area contributed by atoms with Crippen molar-refractivity contribution in [3.05, 3.63) is 29.8 Å². The van der Waals surface area contributed by atoms with Gasteiger partial charge in [0.1, 0.15) is 5.75 Å². The van der Waals surface area contributed by atoms with Gasteiger partial charge in [0.05, 0.1) is 19.8 Å². The van der Waals surface area contributed by atoms with Crippen LogP contribution in [-0.2, 0) is 4.74 Å². The number of halogens is 1. The summed E-state index contributed by atoms with van der Waals surface area (Å²) in [7, 11) is 3.51. The van der Waals surface area contributed by atoms with Crippen molar-refractivity contribution in [2.24, 2.45) is 10.9 Å². The SMILES string of the molecule is CN=C(NCCC(C)c1ccc(OC)cc1)NCC1CN(CC(C)C)CCO1.I. The van der Waals surface area contributed by atoms with E-state index >= 15 is 0 Å². The van der Waals surface area contributed by atoms with Gasteiger partial charge in [0.25, 0.3) is 0 Å². The van der Waals surface area contributed by atoms with Crippen molar-refractivity contribution in [2.45, 2.75) is 39.2 Å². The minimum Gasteiger partial charge on any atom is -0.497 e. The molecule has 2 N–H and O–H groups in total. The molecule has 0 aliphatic carbocycles. The molecule has 0 amide bonds. The van der Waals surface area contributed by atoms with Crippen LogP contribution in [0.5, 0.6) is 5.75 Å². The van der Waals surface area contributed by atoms with Gasteiger partial charge >= 0.3 is 0 Å². The van der Waals surface area contributed by atoms with Gasteiger partial charge in [-0.2, -0.15) is 0 Å². The van der Waals surface area contributed by atoms with Gasteiger partial charge in [-0.05, 0) is 36.0 Å². The first kappa shape index (κ1) is 26.0. The molecule has 1 saturated heterocycles. The number of nitrogens with zero attached hydrogens (tertiary/aromatic N) is 2. The van der Waals surface area contributed by atoms with Crippen LogP contribution in [0.4, 0.5) is 0 Å². The maximum atomic E-state index is 5.91. The lowest BCUT2D eigenvalue weighted by atomic mass is 9.98. The van der Waals surface area contributed by atoms with Gasteiger partial charge in [-0.15, -0.1) is 24.0 Å². The maximum absolute atomic E-state index is 5.91. The highest BCUT2D eigenvalue weighted by molar-refractivity contribution is 14.0. The van der Waals surface area contributed by atoms with Crippen LogP contribution in [-0.4, -0.2) is 70.5 Å². The third-order valence-corrected chi connectivity index (χ3v) is 5.12. The molecule has 2 atom stereocenters. The summed E-state index contributed by atoms with van der Waals surface area (Å²) in [6.07, 6.45) is 1.25. The second kappa shape index (κ2) is 14.0. The summed E-state index contributed by atoms with van der Waals surface area (Å²) in [6, 6.07) is 8.32. The third kappa shape index (κ3) is 9.53. The summed E-state index contributed by atoms with van der Waals surface area (Å²) in [5.74, 6) is 2.90. The van der Waals surface area contributed by atoms with Crippen molar-refractivity contribution in [3.8, 4) is 5.75 Å². The first-order valence-corrected chi connectivity index (χ1v) is 10.4. The molecule has 1 fully saturated rings. The highest BCUT2D eigenvalue weighted by atomic mass is 127. The first-order valence-electron chi connectivity index (χ1n) is 10.4. The Bertz CT molecular complexity index is 595. The minimum atomic E-state index is 0. The number of ether oxygens (including phenoxy) is 2. The van der Waals surface area contributed by atoms with E-state index in [1.54, 1.807) is 7.11 Å². The Morgan fingerprint density at radius 3 is 2.59 bits per heavy atom.